The number of ether oxygens (including phenoxy) is 1. The highest BCUT2D eigenvalue weighted by molar-refractivity contribution is 5.51. The molecule has 0 atom stereocenters. The molecule has 6 nitrogen and oxygen atoms in total. The zero-order valence-electron chi connectivity index (χ0n) is 9.99. The minimum Gasteiger partial charge on any atom is -0.467 e. The van der Waals surface area contributed by atoms with E-state index in [0.717, 1.165) is 50.8 Å². The Hall–Kier alpha value is -1.40. The van der Waals surface area contributed by atoms with Crippen molar-refractivity contribution in [2.45, 2.75) is 13.1 Å². The summed E-state index contributed by atoms with van der Waals surface area (Å²) in [6, 6.07) is 0.473. The van der Waals surface area contributed by atoms with Crippen LogP contribution in [0, 0.1) is 0 Å². The second-order valence-electron chi connectivity index (χ2n) is 4.30. The van der Waals surface area contributed by atoms with Crippen molar-refractivity contribution < 1.29 is 4.74 Å². The molecule has 0 unspecified atom stereocenters. The third-order valence-electron chi connectivity index (χ3n) is 3.24. The Labute approximate surface area is 100 Å². The summed E-state index contributed by atoms with van der Waals surface area (Å²) in [6.07, 6.45) is 0. The fourth-order valence-corrected chi connectivity index (χ4v) is 2.36. The predicted molar refractivity (Wildman–Crippen MR) is 64.2 cm³/mol. The van der Waals surface area contributed by atoms with Gasteiger partial charge in [-0.05, 0) is 0 Å². The van der Waals surface area contributed by atoms with E-state index in [1.807, 2.05) is 0 Å². The van der Waals surface area contributed by atoms with Gasteiger partial charge in [0.05, 0.1) is 12.8 Å². The smallest absolute Gasteiger partial charge is 0.318 e. The summed E-state index contributed by atoms with van der Waals surface area (Å²) in [6.45, 7) is 5.67. The molecule has 0 aliphatic carbocycles. The molecule has 2 N–H and O–H groups in total. The van der Waals surface area contributed by atoms with E-state index in [0.29, 0.717) is 6.01 Å². The molecule has 1 aromatic rings. The molecule has 1 aromatic heterocycles. The van der Waals surface area contributed by atoms with Gasteiger partial charge >= 0.3 is 6.01 Å². The van der Waals surface area contributed by atoms with Gasteiger partial charge in [-0.25, -0.2) is 0 Å². The number of aromatic nitrogens is 2. The molecule has 0 aromatic carbocycles. The van der Waals surface area contributed by atoms with Gasteiger partial charge in [0.2, 0.25) is 0 Å². The van der Waals surface area contributed by atoms with Crippen molar-refractivity contribution in [3.63, 3.8) is 0 Å². The summed E-state index contributed by atoms with van der Waals surface area (Å²) >= 11 is 0. The maximum Gasteiger partial charge on any atom is 0.318 e. The van der Waals surface area contributed by atoms with Gasteiger partial charge < -0.3 is 20.3 Å². The van der Waals surface area contributed by atoms with Crippen molar-refractivity contribution in [3.05, 3.63) is 11.3 Å². The molecular formula is C11H17N5O. The lowest BCUT2D eigenvalue weighted by Gasteiger charge is -2.29. The summed E-state index contributed by atoms with van der Waals surface area (Å²) < 4.78 is 5.18. The standard InChI is InChI=1S/C11H17N5O/c1-17-11-14-9-7-13-6-8(9)10(15-11)16-4-2-12-3-5-16/h12-13H,2-7H2,1H3. The maximum atomic E-state index is 5.18. The largest absolute Gasteiger partial charge is 0.467 e. The van der Waals surface area contributed by atoms with Gasteiger partial charge in [-0.15, -0.1) is 0 Å². The minimum absolute atomic E-state index is 0.473. The maximum absolute atomic E-state index is 5.18. The predicted octanol–water partition coefficient (Wildman–Crippen LogP) is -0.502. The Balaban J connectivity index is 1.98. The summed E-state index contributed by atoms with van der Waals surface area (Å²) in [7, 11) is 1.62. The Bertz CT molecular complexity index is 417. The van der Waals surface area contributed by atoms with E-state index in [-0.39, 0.29) is 0 Å². The van der Waals surface area contributed by atoms with Crippen LogP contribution in [-0.4, -0.2) is 43.3 Å². The SMILES string of the molecule is COc1nc2c(c(N3CCNCC3)n1)CNC2. The van der Waals surface area contributed by atoms with Gasteiger partial charge in [0, 0.05) is 44.8 Å². The lowest BCUT2D eigenvalue weighted by Crippen LogP contribution is -2.44. The first-order chi connectivity index (χ1) is 8.38. The molecule has 0 bridgehead atoms. The number of piperazine rings is 1. The molecule has 1 fully saturated rings. The molecule has 0 spiro atoms. The number of anilines is 1. The van der Waals surface area contributed by atoms with Crippen molar-refractivity contribution in [1.29, 1.82) is 0 Å². The molecule has 1 saturated heterocycles. The van der Waals surface area contributed by atoms with Crippen LogP contribution in [0.2, 0.25) is 0 Å². The molecule has 6 heteroatoms. The molecule has 92 valence electrons. The van der Waals surface area contributed by atoms with Crippen molar-refractivity contribution in [1.82, 2.24) is 20.6 Å². The second kappa shape index (κ2) is 4.46. The Kier molecular flexibility index (Phi) is 2.82. The van der Waals surface area contributed by atoms with Crippen molar-refractivity contribution in [2.75, 3.05) is 38.2 Å². The summed E-state index contributed by atoms with van der Waals surface area (Å²) in [5.74, 6) is 1.04. The van der Waals surface area contributed by atoms with Crippen molar-refractivity contribution in [3.8, 4) is 6.01 Å². The van der Waals surface area contributed by atoms with Crippen molar-refractivity contribution >= 4 is 5.82 Å². The molecule has 3 rings (SSSR count). The topological polar surface area (TPSA) is 62.3 Å². The van der Waals surface area contributed by atoms with Crippen LogP contribution >= 0.6 is 0 Å². The minimum atomic E-state index is 0.473. The normalized spacial score (nSPS) is 19.2. The summed E-state index contributed by atoms with van der Waals surface area (Å²) in [4.78, 5) is 11.2. The second-order valence-corrected chi connectivity index (χ2v) is 4.30. The Morgan fingerprint density at radius 2 is 1.94 bits per heavy atom. The van der Waals surface area contributed by atoms with Gasteiger partial charge in [-0.3, -0.25) is 0 Å². The molecule has 0 amide bonds. The monoisotopic (exact) mass is 235 g/mol. The number of rotatable bonds is 2. The highest BCUT2D eigenvalue weighted by Gasteiger charge is 2.23. The molecular weight excluding hydrogens is 218 g/mol. The van der Waals surface area contributed by atoms with E-state index in [4.69, 9.17) is 4.74 Å². The first-order valence-electron chi connectivity index (χ1n) is 5.98. The lowest BCUT2D eigenvalue weighted by atomic mass is 10.2. The Morgan fingerprint density at radius 3 is 2.71 bits per heavy atom. The van der Waals surface area contributed by atoms with E-state index in [9.17, 15) is 0 Å². The van der Waals surface area contributed by atoms with Crippen LogP contribution in [0.4, 0.5) is 5.82 Å². The van der Waals surface area contributed by atoms with Gasteiger partial charge in [0.25, 0.3) is 0 Å². The quantitative estimate of drug-likeness (QED) is 0.720. The van der Waals surface area contributed by atoms with E-state index in [1.165, 1.54) is 5.56 Å². The van der Waals surface area contributed by atoms with E-state index < -0.39 is 0 Å². The number of fused-ring (bicyclic) bond motifs is 1. The van der Waals surface area contributed by atoms with E-state index in [1.54, 1.807) is 7.11 Å². The average molecular weight is 235 g/mol. The zero-order chi connectivity index (χ0) is 11.7. The van der Waals surface area contributed by atoms with Crippen molar-refractivity contribution in [2.24, 2.45) is 0 Å². The third-order valence-corrected chi connectivity index (χ3v) is 3.24. The first kappa shape index (κ1) is 10.7. The molecule has 0 radical (unpaired) electrons. The van der Waals surface area contributed by atoms with Gasteiger partial charge in [-0.2, -0.15) is 9.97 Å². The van der Waals surface area contributed by atoms with Gasteiger partial charge in [-0.1, -0.05) is 0 Å². The van der Waals surface area contributed by atoms with Crippen LogP contribution in [0.25, 0.3) is 0 Å². The van der Waals surface area contributed by atoms with E-state index in [2.05, 4.69) is 25.5 Å². The highest BCUT2D eigenvalue weighted by Crippen LogP contribution is 2.26. The molecule has 17 heavy (non-hydrogen) atoms. The molecule has 3 heterocycles. The van der Waals surface area contributed by atoms with Crippen LogP contribution in [0.3, 0.4) is 0 Å². The summed E-state index contributed by atoms with van der Waals surface area (Å²) in [5.41, 5.74) is 2.30. The molecule has 2 aliphatic heterocycles. The van der Waals surface area contributed by atoms with Crippen LogP contribution in [0.15, 0.2) is 0 Å². The van der Waals surface area contributed by atoms with Crippen LogP contribution in [0.1, 0.15) is 11.3 Å². The molecule has 0 saturated carbocycles. The number of hydrogen-bond acceptors (Lipinski definition) is 6. The average Bonchev–Trinajstić information content (AvgIpc) is 2.86. The van der Waals surface area contributed by atoms with E-state index >= 15 is 0 Å². The summed E-state index contributed by atoms with van der Waals surface area (Å²) in [5, 5.41) is 6.67. The molecule has 2 aliphatic rings. The number of hydrogen-bond donors (Lipinski definition) is 2. The Morgan fingerprint density at radius 1 is 1.12 bits per heavy atom. The third kappa shape index (κ3) is 1.94. The first-order valence-corrected chi connectivity index (χ1v) is 5.98. The highest BCUT2D eigenvalue weighted by atomic mass is 16.5. The lowest BCUT2D eigenvalue weighted by molar-refractivity contribution is 0.377. The number of methoxy groups -OCH3 is 1. The van der Waals surface area contributed by atoms with Crippen LogP contribution in [-0.2, 0) is 13.1 Å². The number of nitrogens with zero attached hydrogens (tertiary/aromatic N) is 3. The van der Waals surface area contributed by atoms with Crippen LogP contribution in [0.5, 0.6) is 6.01 Å². The van der Waals surface area contributed by atoms with Gasteiger partial charge in [0.1, 0.15) is 5.82 Å². The fourth-order valence-electron chi connectivity index (χ4n) is 2.36. The zero-order valence-corrected chi connectivity index (χ0v) is 9.99. The van der Waals surface area contributed by atoms with Gasteiger partial charge in [0.15, 0.2) is 0 Å². The van der Waals surface area contributed by atoms with Crippen LogP contribution < -0.4 is 20.3 Å². The number of nitrogens with one attached hydrogen (secondary N) is 2. The fraction of sp³-hybridized carbons (Fsp3) is 0.636.